The first kappa shape index (κ1) is 19.6. The van der Waals surface area contributed by atoms with E-state index in [0.717, 1.165) is 25.8 Å². The van der Waals surface area contributed by atoms with Crippen LogP contribution in [0.15, 0.2) is 12.1 Å². The number of halogens is 3. The van der Waals surface area contributed by atoms with Crippen LogP contribution in [0, 0.1) is 0 Å². The van der Waals surface area contributed by atoms with E-state index < -0.39 is 6.72 Å². The Hall–Kier alpha value is 0.550. The van der Waals surface area contributed by atoms with Gasteiger partial charge in [-0.25, -0.2) is 0 Å². The van der Waals surface area contributed by atoms with Crippen LogP contribution in [0.1, 0.15) is 26.2 Å². The highest BCUT2D eigenvalue weighted by atomic mass is 35.5. The van der Waals surface area contributed by atoms with Crippen molar-refractivity contribution in [3.8, 4) is 5.75 Å². The third kappa shape index (κ3) is 6.67. The molecule has 0 fully saturated rings. The Labute approximate surface area is 144 Å². The summed E-state index contributed by atoms with van der Waals surface area (Å²) in [6.07, 6.45) is 3.30. The Morgan fingerprint density at radius 2 is 1.86 bits per heavy atom. The summed E-state index contributed by atoms with van der Waals surface area (Å²) >= 11 is 18.3. The third-order valence-corrected chi connectivity index (χ3v) is 6.98. The van der Waals surface area contributed by atoms with Gasteiger partial charge in [-0.3, -0.25) is 4.72 Å². The lowest BCUT2D eigenvalue weighted by Gasteiger charge is -2.19. The number of nitrogens with one attached hydrogen (secondary N) is 1. The highest BCUT2D eigenvalue weighted by Gasteiger charge is 2.18. The van der Waals surface area contributed by atoms with Crippen molar-refractivity contribution in [2.24, 2.45) is 0 Å². The predicted molar refractivity (Wildman–Crippen MR) is 94.5 cm³/mol. The molecule has 1 atom stereocenters. The van der Waals surface area contributed by atoms with Crippen LogP contribution < -0.4 is 9.25 Å². The number of hydrogen-bond donors (Lipinski definition) is 3. The van der Waals surface area contributed by atoms with Crippen molar-refractivity contribution >= 4 is 52.6 Å². The fourth-order valence-corrected chi connectivity index (χ4v) is 4.53. The zero-order valence-corrected chi connectivity index (χ0v) is 15.8. The van der Waals surface area contributed by atoms with Crippen LogP contribution in [0.2, 0.25) is 15.1 Å². The Morgan fingerprint density at radius 1 is 1.19 bits per heavy atom. The molecule has 9 heteroatoms. The lowest BCUT2D eigenvalue weighted by Crippen LogP contribution is -2.11. The van der Waals surface area contributed by atoms with Crippen LogP contribution in [-0.4, -0.2) is 18.5 Å². The zero-order chi connectivity index (χ0) is 15.9. The summed E-state index contributed by atoms with van der Waals surface area (Å²) in [4.78, 5) is 10.4. The van der Waals surface area contributed by atoms with Crippen LogP contribution in [-0.2, 0) is 15.6 Å². The van der Waals surface area contributed by atoms with Crippen molar-refractivity contribution in [2.75, 3.05) is 13.7 Å². The highest BCUT2D eigenvalue weighted by molar-refractivity contribution is 8.16. The maximum atomic E-state index is 10.4. The fraction of sp³-hybridized carbons (Fsp3) is 0.500. The van der Waals surface area contributed by atoms with Gasteiger partial charge < -0.3 is 13.9 Å². The minimum atomic E-state index is -3.11. The Kier molecular flexibility index (Phi) is 8.99. The average Bonchev–Trinajstić information content (AvgIpc) is 2.44. The first-order chi connectivity index (χ1) is 9.91. The molecule has 0 radical (unpaired) electrons. The lowest BCUT2D eigenvalue weighted by atomic mass is 10.3. The SMILES string of the molecule is CCCCCN[SH]=P(O)(OC)Oc1cc(Cl)c(Cl)cc1Cl. The van der Waals surface area contributed by atoms with Crippen LogP contribution >= 0.6 is 41.5 Å². The van der Waals surface area contributed by atoms with Gasteiger partial charge in [0.05, 0.1) is 15.1 Å². The summed E-state index contributed by atoms with van der Waals surface area (Å²) in [6.45, 7) is -0.200. The van der Waals surface area contributed by atoms with E-state index in [2.05, 4.69) is 11.6 Å². The molecule has 0 aliphatic carbocycles. The molecule has 0 heterocycles. The second-order valence-electron chi connectivity index (χ2n) is 4.18. The van der Waals surface area contributed by atoms with Gasteiger partial charge in [0.25, 0.3) is 0 Å². The van der Waals surface area contributed by atoms with Gasteiger partial charge in [-0.15, -0.1) is 0 Å². The second kappa shape index (κ2) is 9.64. The Morgan fingerprint density at radius 3 is 2.48 bits per heavy atom. The fourth-order valence-electron chi connectivity index (χ4n) is 1.39. The van der Waals surface area contributed by atoms with Crippen molar-refractivity contribution in [1.82, 2.24) is 4.72 Å². The Balaban J connectivity index is 2.80. The summed E-state index contributed by atoms with van der Waals surface area (Å²) in [5.41, 5.74) is 0. The van der Waals surface area contributed by atoms with E-state index >= 15 is 0 Å². The molecule has 0 spiro atoms. The summed E-state index contributed by atoms with van der Waals surface area (Å²) in [7, 11) is 1.39. The third-order valence-electron chi connectivity index (χ3n) is 2.52. The molecule has 0 aliphatic rings. The summed E-state index contributed by atoms with van der Waals surface area (Å²) in [5.74, 6) is 0.242. The van der Waals surface area contributed by atoms with Crippen LogP contribution in [0.5, 0.6) is 5.75 Å². The molecule has 0 aromatic heterocycles. The summed E-state index contributed by atoms with van der Waals surface area (Å²) < 4.78 is 13.7. The van der Waals surface area contributed by atoms with E-state index in [0.29, 0.717) is 21.2 Å². The van der Waals surface area contributed by atoms with E-state index in [4.69, 9.17) is 43.9 Å². The molecular weight excluding hydrogens is 376 g/mol. The molecular formula is C12H19Cl3NO3PS. The molecule has 0 aliphatic heterocycles. The van der Waals surface area contributed by atoms with Crippen LogP contribution in [0.4, 0.5) is 0 Å². The quantitative estimate of drug-likeness (QED) is 0.255. The van der Waals surface area contributed by atoms with Crippen molar-refractivity contribution in [2.45, 2.75) is 26.2 Å². The van der Waals surface area contributed by atoms with E-state index in [1.165, 1.54) is 19.2 Å². The van der Waals surface area contributed by atoms with Crippen molar-refractivity contribution < 1.29 is 13.9 Å². The standard InChI is InChI=1S/C12H19Cl3NO3PS/c1-3-4-5-6-16-21-20(17,18-2)19-12-8-10(14)9(13)7-11(12)15/h7-8,16-17,21H,3-6H2,1-2H3. The number of thiol groups is 1. The van der Waals surface area contributed by atoms with Crippen LogP contribution in [0.3, 0.4) is 0 Å². The molecule has 0 saturated carbocycles. The summed E-state index contributed by atoms with van der Waals surface area (Å²) in [5, 5.41) is 0.885. The molecule has 4 nitrogen and oxygen atoms in total. The minimum Gasteiger partial charge on any atom is -0.426 e. The van der Waals surface area contributed by atoms with E-state index in [-0.39, 0.29) is 10.8 Å². The first-order valence-electron chi connectivity index (χ1n) is 6.38. The topological polar surface area (TPSA) is 50.7 Å². The van der Waals surface area contributed by atoms with Gasteiger partial charge in [0.2, 0.25) is 0 Å². The van der Waals surface area contributed by atoms with Crippen molar-refractivity contribution in [3.63, 3.8) is 0 Å². The molecule has 0 amide bonds. The number of hydrogen-bond acceptors (Lipinski definition) is 2. The zero-order valence-electron chi connectivity index (χ0n) is 11.8. The van der Waals surface area contributed by atoms with E-state index in [1.54, 1.807) is 0 Å². The molecule has 2 N–H and O–H groups in total. The number of unbranched alkanes of at least 4 members (excludes halogenated alkanes) is 2. The first-order valence-corrected chi connectivity index (χ1v) is 10.7. The molecule has 0 saturated heterocycles. The maximum absolute atomic E-state index is 10.4. The monoisotopic (exact) mass is 393 g/mol. The Bertz CT molecular complexity index is 531. The van der Waals surface area contributed by atoms with Gasteiger partial charge in [0.1, 0.15) is 5.75 Å². The highest BCUT2D eigenvalue weighted by Crippen LogP contribution is 2.48. The van der Waals surface area contributed by atoms with Crippen molar-refractivity contribution in [1.29, 1.82) is 0 Å². The van der Waals surface area contributed by atoms with Gasteiger partial charge in [-0.05, 0) is 12.5 Å². The van der Waals surface area contributed by atoms with Gasteiger partial charge in [-0.2, -0.15) is 0 Å². The molecule has 1 aromatic carbocycles. The van der Waals surface area contributed by atoms with Gasteiger partial charge >= 0.3 is 6.72 Å². The van der Waals surface area contributed by atoms with E-state index in [9.17, 15) is 4.89 Å². The molecule has 1 aromatic rings. The molecule has 1 unspecified atom stereocenters. The second-order valence-corrected chi connectivity index (χ2v) is 9.56. The number of benzene rings is 1. The van der Waals surface area contributed by atoms with Crippen molar-refractivity contribution in [3.05, 3.63) is 27.2 Å². The average molecular weight is 395 g/mol. The van der Waals surface area contributed by atoms with Gasteiger partial charge in [0.15, 0.2) is 0 Å². The molecule has 0 bridgehead atoms. The van der Waals surface area contributed by atoms with Gasteiger partial charge in [-0.1, -0.05) is 65.7 Å². The van der Waals surface area contributed by atoms with E-state index in [1.807, 2.05) is 0 Å². The largest absolute Gasteiger partial charge is 0.426 e. The lowest BCUT2D eigenvalue weighted by molar-refractivity contribution is 0.312. The number of rotatable bonds is 8. The molecule has 1 rings (SSSR count). The normalized spacial score (nSPS) is 14.0. The van der Waals surface area contributed by atoms with Crippen LogP contribution in [0.25, 0.3) is 0 Å². The maximum Gasteiger partial charge on any atom is 0.345 e. The molecule has 122 valence electrons. The molecule has 21 heavy (non-hydrogen) atoms. The predicted octanol–water partition coefficient (Wildman–Crippen LogP) is 4.85. The smallest absolute Gasteiger partial charge is 0.345 e. The van der Waals surface area contributed by atoms with Gasteiger partial charge in [0, 0.05) is 19.7 Å². The summed E-state index contributed by atoms with van der Waals surface area (Å²) in [6, 6.07) is 2.93. The minimum absolute atomic E-state index is 0.242.